The molecule has 0 spiro atoms. The molecule has 0 heterocycles. The summed E-state index contributed by atoms with van der Waals surface area (Å²) in [6, 6.07) is 1.27. The molecule has 0 aliphatic carbocycles. The SMILES string of the molecule is CCCN(CCC)C(CC)(C(C)/C=C/C[SiH3])N(CCC)CCC. The Bertz CT molecular complexity index is 276. The smallest absolute Gasteiger partial charge is 0.0796 e. The molecule has 0 aliphatic rings. The molecule has 0 rings (SSSR count). The predicted molar refractivity (Wildman–Crippen MR) is 110 cm³/mol. The lowest BCUT2D eigenvalue weighted by molar-refractivity contribution is -0.0897. The van der Waals surface area contributed by atoms with Gasteiger partial charge in [0.05, 0.1) is 5.66 Å². The van der Waals surface area contributed by atoms with Crippen molar-refractivity contribution in [1.82, 2.24) is 9.80 Å². The van der Waals surface area contributed by atoms with E-state index in [1.54, 1.807) is 0 Å². The molecule has 3 heteroatoms. The Labute approximate surface area is 150 Å². The maximum Gasteiger partial charge on any atom is 0.0796 e. The molecule has 23 heavy (non-hydrogen) atoms. The van der Waals surface area contributed by atoms with Crippen LogP contribution >= 0.6 is 0 Å². The van der Waals surface area contributed by atoms with Crippen LogP contribution in [0.4, 0.5) is 0 Å². The van der Waals surface area contributed by atoms with Crippen LogP contribution in [0.2, 0.25) is 6.04 Å². The highest BCUT2D eigenvalue weighted by atomic mass is 28.1. The zero-order valence-electron chi connectivity index (χ0n) is 17.2. The van der Waals surface area contributed by atoms with Crippen molar-refractivity contribution in [3.63, 3.8) is 0 Å². The third-order valence-electron chi connectivity index (χ3n) is 4.98. The standard InChI is InChI=1S/C20H44N2Si/c1-7-14-21(15-8-2)20(11-5,19(6)13-12-18-23)22(16-9-3)17-10-4/h12-13,19H,7-11,14-18H2,1-6,23H3/b13-12+. The highest BCUT2D eigenvalue weighted by Crippen LogP contribution is 2.35. The zero-order valence-corrected chi connectivity index (χ0v) is 19.2. The molecule has 0 saturated heterocycles. The van der Waals surface area contributed by atoms with Crippen molar-refractivity contribution >= 4 is 10.2 Å². The first-order chi connectivity index (χ1) is 11.1. The third kappa shape index (κ3) is 6.36. The summed E-state index contributed by atoms with van der Waals surface area (Å²) in [6.07, 6.45) is 11.1. The van der Waals surface area contributed by atoms with Crippen molar-refractivity contribution in [3.8, 4) is 0 Å². The molecule has 0 aliphatic heterocycles. The van der Waals surface area contributed by atoms with E-state index in [0.29, 0.717) is 5.92 Å². The molecule has 0 amide bonds. The van der Waals surface area contributed by atoms with Crippen LogP contribution < -0.4 is 0 Å². The average molecular weight is 341 g/mol. The van der Waals surface area contributed by atoms with Crippen LogP contribution in [0.5, 0.6) is 0 Å². The lowest BCUT2D eigenvalue weighted by atomic mass is 9.86. The summed E-state index contributed by atoms with van der Waals surface area (Å²) in [6.45, 7) is 19.0. The minimum Gasteiger partial charge on any atom is -0.285 e. The molecule has 0 aromatic heterocycles. The van der Waals surface area contributed by atoms with Gasteiger partial charge in [0.25, 0.3) is 0 Å². The molecule has 0 saturated carbocycles. The molecule has 2 nitrogen and oxygen atoms in total. The van der Waals surface area contributed by atoms with Crippen LogP contribution in [0.15, 0.2) is 12.2 Å². The summed E-state index contributed by atoms with van der Waals surface area (Å²) in [7, 11) is 1.27. The summed E-state index contributed by atoms with van der Waals surface area (Å²) in [5.74, 6) is 0.581. The van der Waals surface area contributed by atoms with E-state index in [1.165, 1.54) is 74.6 Å². The molecule has 138 valence electrons. The predicted octanol–water partition coefficient (Wildman–Crippen LogP) is 4.31. The van der Waals surface area contributed by atoms with E-state index in [9.17, 15) is 0 Å². The van der Waals surface area contributed by atoms with E-state index in [4.69, 9.17) is 0 Å². The van der Waals surface area contributed by atoms with Crippen molar-refractivity contribution in [1.29, 1.82) is 0 Å². The zero-order chi connectivity index (χ0) is 17.7. The van der Waals surface area contributed by atoms with Gasteiger partial charge in [0.15, 0.2) is 0 Å². The summed E-state index contributed by atoms with van der Waals surface area (Å²) < 4.78 is 0. The summed E-state index contributed by atoms with van der Waals surface area (Å²) in [5, 5.41) is 0. The van der Waals surface area contributed by atoms with Gasteiger partial charge in [-0.3, -0.25) is 9.80 Å². The molecule has 0 radical (unpaired) electrons. The van der Waals surface area contributed by atoms with Crippen molar-refractivity contribution in [2.75, 3.05) is 26.2 Å². The van der Waals surface area contributed by atoms with Gasteiger partial charge in [-0.2, -0.15) is 0 Å². The number of rotatable bonds is 14. The van der Waals surface area contributed by atoms with Crippen molar-refractivity contribution in [3.05, 3.63) is 12.2 Å². The average Bonchev–Trinajstić information content (AvgIpc) is 2.54. The van der Waals surface area contributed by atoms with Crippen LogP contribution in [0, 0.1) is 5.92 Å². The maximum atomic E-state index is 2.81. The topological polar surface area (TPSA) is 6.48 Å². The van der Waals surface area contributed by atoms with Crippen molar-refractivity contribution in [2.24, 2.45) is 5.92 Å². The second-order valence-electron chi connectivity index (χ2n) is 6.83. The molecular formula is C20H44N2Si. The fraction of sp³-hybridized carbons (Fsp3) is 0.900. The third-order valence-corrected chi connectivity index (χ3v) is 5.45. The van der Waals surface area contributed by atoms with Crippen LogP contribution in [0.3, 0.4) is 0 Å². The second kappa shape index (κ2) is 13.2. The number of nitrogens with zero attached hydrogens (tertiary/aromatic N) is 2. The molecule has 1 unspecified atom stereocenters. The Morgan fingerprint density at radius 2 is 1.22 bits per heavy atom. The monoisotopic (exact) mass is 340 g/mol. The molecular weight excluding hydrogens is 296 g/mol. The van der Waals surface area contributed by atoms with Gasteiger partial charge in [-0.1, -0.05) is 53.7 Å². The number of allylic oxidation sites excluding steroid dienone is 1. The quantitative estimate of drug-likeness (QED) is 0.264. The van der Waals surface area contributed by atoms with Gasteiger partial charge < -0.3 is 0 Å². The highest BCUT2D eigenvalue weighted by molar-refractivity contribution is 6.09. The minimum absolute atomic E-state index is 0.186. The lowest BCUT2D eigenvalue weighted by Gasteiger charge is -2.54. The molecule has 0 aromatic carbocycles. The van der Waals surface area contributed by atoms with Crippen LogP contribution in [0.25, 0.3) is 0 Å². The van der Waals surface area contributed by atoms with Gasteiger partial charge in [-0.05, 0) is 64.3 Å². The lowest BCUT2D eigenvalue weighted by Crippen LogP contribution is -2.64. The first kappa shape index (κ1) is 22.9. The van der Waals surface area contributed by atoms with E-state index in [2.05, 4.69) is 63.5 Å². The number of hydrogen-bond acceptors (Lipinski definition) is 2. The number of hydrogen-bond donors (Lipinski definition) is 0. The van der Waals surface area contributed by atoms with Gasteiger partial charge in [-0.25, -0.2) is 0 Å². The minimum atomic E-state index is 0.186. The molecule has 0 fully saturated rings. The Morgan fingerprint density at radius 3 is 1.48 bits per heavy atom. The Kier molecular flexibility index (Phi) is 13.1. The highest BCUT2D eigenvalue weighted by Gasteiger charge is 2.42. The molecule has 1 atom stereocenters. The van der Waals surface area contributed by atoms with Crippen molar-refractivity contribution < 1.29 is 0 Å². The van der Waals surface area contributed by atoms with Crippen LogP contribution in [-0.2, 0) is 0 Å². The van der Waals surface area contributed by atoms with Gasteiger partial charge in [0.2, 0.25) is 0 Å². The van der Waals surface area contributed by atoms with Crippen molar-refractivity contribution in [2.45, 2.75) is 85.4 Å². The Morgan fingerprint density at radius 1 is 0.826 bits per heavy atom. The van der Waals surface area contributed by atoms with Gasteiger partial charge in [0, 0.05) is 16.2 Å². The summed E-state index contributed by atoms with van der Waals surface area (Å²) >= 11 is 0. The largest absolute Gasteiger partial charge is 0.285 e. The van der Waals surface area contributed by atoms with Crippen LogP contribution in [-0.4, -0.2) is 51.9 Å². The van der Waals surface area contributed by atoms with E-state index < -0.39 is 0 Å². The molecule has 0 N–H and O–H groups in total. The van der Waals surface area contributed by atoms with E-state index in [0.717, 1.165) is 0 Å². The van der Waals surface area contributed by atoms with Gasteiger partial charge in [0.1, 0.15) is 0 Å². The maximum absolute atomic E-state index is 2.81. The fourth-order valence-corrected chi connectivity index (χ4v) is 4.39. The van der Waals surface area contributed by atoms with Crippen LogP contribution in [0.1, 0.15) is 73.6 Å². The normalized spacial score (nSPS) is 14.4. The molecule has 0 aromatic rings. The van der Waals surface area contributed by atoms with E-state index in [1.807, 2.05) is 0 Å². The first-order valence-corrected chi connectivity index (χ1v) is 11.7. The fourth-order valence-electron chi connectivity index (χ4n) is 4.12. The van der Waals surface area contributed by atoms with Gasteiger partial charge >= 0.3 is 0 Å². The second-order valence-corrected chi connectivity index (χ2v) is 7.65. The Balaban J connectivity index is 5.86. The van der Waals surface area contributed by atoms with E-state index in [-0.39, 0.29) is 5.66 Å². The van der Waals surface area contributed by atoms with E-state index >= 15 is 0 Å². The summed E-state index contributed by atoms with van der Waals surface area (Å²) in [5.41, 5.74) is 0.186. The summed E-state index contributed by atoms with van der Waals surface area (Å²) in [4.78, 5) is 5.61. The molecule has 0 bridgehead atoms. The van der Waals surface area contributed by atoms with Gasteiger partial charge in [-0.15, -0.1) is 0 Å². The first-order valence-electron chi connectivity index (χ1n) is 10.2. The Hall–Kier alpha value is -0.123.